The van der Waals surface area contributed by atoms with E-state index in [0.29, 0.717) is 35.5 Å². The van der Waals surface area contributed by atoms with Gasteiger partial charge in [-0.05, 0) is 113 Å². The lowest BCUT2D eigenvalue weighted by molar-refractivity contribution is -0.175. The van der Waals surface area contributed by atoms with Crippen LogP contribution in [0.5, 0.6) is 0 Å². The van der Waals surface area contributed by atoms with Crippen LogP contribution in [0.25, 0.3) is 0 Å². The Bertz CT molecular complexity index is 722. The van der Waals surface area contributed by atoms with Crippen molar-refractivity contribution in [1.82, 2.24) is 9.80 Å². The smallest absolute Gasteiger partial charge is 0.244 e. The molecule has 0 aromatic carbocycles. The van der Waals surface area contributed by atoms with Crippen LogP contribution < -0.4 is 0 Å². The fourth-order valence-corrected chi connectivity index (χ4v) is 10.8. The van der Waals surface area contributed by atoms with Gasteiger partial charge in [0.2, 0.25) is 18.2 Å². The maximum absolute atomic E-state index is 14.0. The molecule has 33 heavy (non-hydrogen) atoms. The van der Waals surface area contributed by atoms with Crippen molar-refractivity contribution in [2.24, 2.45) is 52.3 Å². The van der Waals surface area contributed by atoms with Gasteiger partial charge in [-0.15, -0.1) is 0 Å². The average Bonchev–Trinajstić information content (AvgIpc) is 2.76. The van der Waals surface area contributed by atoms with Crippen LogP contribution in [0.4, 0.5) is 8.78 Å². The summed E-state index contributed by atoms with van der Waals surface area (Å²) in [6.45, 7) is 0.468. The first kappa shape index (κ1) is 21.1. The van der Waals surface area contributed by atoms with Crippen LogP contribution >= 0.6 is 0 Å². The molecule has 2 amide bonds. The van der Waals surface area contributed by atoms with E-state index in [1.54, 1.807) is 9.80 Å². The molecule has 8 saturated carbocycles. The second kappa shape index (κ2) is 7.16. The quantitative estimate of drug-likeness (QED) is 0.599. The first-order chi connectivity index (χ1) is 15.8. The highest BCUT2D eigenvalue weighted by Gasteiger charge is 2.58. The zero-order valence-electron chi connectivity index (χ0n) is 19.7. The molecule has 0 spiro atoms. The van der Waals surface area contributed by atoms with Crippen LogP contribution in [0.2, 0.25) is 0 Å². The zero-order chi connectivity index (χ0) is 22.5. The predicted octanol–water partition coefficient (Wildman–Crippen LogP) is 4.93. The number of hydrogen-bond donors (Lipinski definition) is 0. The molecule has 4 nitrogen and oxygen atoms in total. The SMILES string of the molecule is O=C(N1CC(C(F)F)CN(C(=O)C23CC4CC(CC(C4)C2)C3)C1)C12CC3CC(CC(C3)C1)C2. The Morgan fingerprint density at radius 1 is 0.606 bits per heavy atom. The minimum atomic E-state index is -2.50. The lowest BCUT2D eigenvalue weighted by atomic mass is 9.49. The zero-order valence-corrected chi connectivity index (χ0v) is 19.7. The monoisotopic (exact) mass is 460 g/mol. The highest BCUT2D eigenvalue weighted by Crippen LogP contribution is 2.62. The Morgan fingerprint density at radius 3 is 1.18 bits per heavy atom. The summed E-state index contributed by atoms with van der Waals surface area (Å²) in [4.78, 5) is 31.4. The van der Waals surface area contributed by atoms with Gasteiger partial charge in [-0.3, -0.25) is 9.59 Å². The Morgan fingerprint density at radius 2 is 0.909 bits per heavy atom. The summed E-state index contributed by atoms with van der Waals surface area (Å²) in [6.07, 6.45) is 10.7. The fraction of sp³-hybridized carbons (Fsp3) is 0.926. The normalized spacial score (nSPS) is 49.8. The molecule has 1 aliphatic heterocycles. The van der Waals surface area contributed by atoms with E-state index in [-0.39, 0.29) is 42.4 Å². The molecule has 9 aliphatic rings. The number of carbonyl (C=O) groups is 2. The number of hydrogen-bond acceptors (Lipinski definition) is 2. The van der Waals surface area contributed by atoms with Gasteiger partial charge >= 0.3 is 0 Å². The van der Waals surface area contributed by atoms with Gasteiger partial charge in [-0.2, -0.15) is 0 Å². The summed E-state index contributed by atoms with van der Waals surface area (Å²) in [5, 5.41) is 0. The summed E-state index contributed by atoms with van der Waals surface area (Å²) < 4.78 is 28.1. The Balaban J connectivity index is 1.14. The molecule has 1 saturated heterocycles. The number of alkyl halides is 2. The lowest BCUT2D eigenvalue weighted by Crippen LogP contribution is -2.63. The molecule has 8 bridgehead atoms. The Labute approximate surface area is 195 Å². The first-order valence-electron chi connectivity index (χ1n) is 13.7. The van der Waals surface area contributed by atoms with Gasteiger partial charge in [0, 0.05) is 13.1 Å². The highest BCUT2D eigenvalue weighted by atomic mass is 19.3. The van der Waals surface area contributed by atoms with Crippen LogP contribution in [-0.2, 0) is 9.59 Å². The molecular weight excluding hydrogens is 422 g/mol. The third-order valence-corrected chi connectivity index (χ3v) is 11.2. The molecule has 1 heterocycles. The van der Waals surface area contributed by atoms with Gasteiger partial charge in [0.15, 0.2) is 0 Å². The van der Waals surface area contributed by atoms with Crippen LogP contribution in [0.1, 0.15) is 77.0 Å². The summed E-state index contributed by atoms with van der Waals surface area (Å²) in [7, 11) is 0. The molecule has 182 valence electrons. The molecule has 9 fully saturated rings. The molecule has 9 rings (SSSR count). The van der Waals surface area contributed by atoms with Gasteiger partial charge < -0.3 is 9.80 Å². The van der Waals surface area contributed by atoms with Crippen molar-refractivity contribution in [2.45, 2.75) is 83.5 Å². The molecule has 0 N–H and O–H groups in total. The van der Waals surface area contributed by atoms with E-state index in [1.165, 1.54) is 38.5 Å². The molecule has 0 aromatic rings. The van der Waals surface area contributed by atoms with E-state index in [9.17, 15) is 18.4 Å². The number of rotatable bonds is 3. The summed E-state index contributed by atoms with van der Waals surface area (Å²) >= 11 is 0. The van der Waals surface area contributed by atoms with Gasteiger partial charge in [-0.25, -0.2) is 8.78 Å². The number of nitrogens with zero attached hydrogens (tertiary/aromatic N) is 2. The molecule has 0 aromatic heterocycles. The van der Waals surface area contributed by atoms with Crippen molar-refractivity contribution < 1.29 is 18.4 Å². The largest absolute Gasteiger partial charge is 0.324 e. The molecule has 0 unspecified atom stereocenters. The summed E-state index contributed by atoms with van der Waals surface area (Å²) in [5.41, 5.74) is -0.678. The minimum Gasteiger partial charge on any atom is -0.324 e. The Kier molecular flexibility index (Phi) is 4.58. The highest BCUT2D eigenvalue weighted by molar-refractivity contribution is 5.86. The molecule has 8 aliphatic carbocycles. The number of halogens is 2. The van der Waals surface area contributed by atoms with Crippen LogP contribution in [0.3, 0.4) is 0 Å². The maximum atomic E-state index is 14.0. The van der Waals surface area contributed by atoms with Crippen LogP contribution in [-0.4, -0.2) is 47.8 Å². The van der Waals surface area contributed by atoms with Crippen molar-refractivity contribution in [3.63, 3.8) is 0 Å². The maximum Gasteiger partial charge on any atom is 0.244 e. The lowest BCUT2D eigenvalue weighted by Gasteiger charge is -2.58. The van der Waals surface area contributed by atoms with E-state index in [2.05, 4.69) is 0 Å². The van der Waals surface area contributed by atoms with Crippen molar-refractivity contribution in [3.05, 3.63) is 0 Å². The van der Waals surface area contributed by atoms with E-state index >= 15 is 0 Å². The Hall–Kier alpha value is -1.20. The van der Waals surface area contributed by atoms with Crippen molar-refractivity contribution in [3.8, 4) is 0 Å². The van der Waals surface area contributed by atoms with E-state index < -0.39 is 12.3 Å². The van der Waals surface area contributed by atoms with Gasteiger partial charge in [0.05, 0.1) is 23.4 Å². The van der Waals surface area contributed by atoms with E-state index in [0.717, 1.165) is 38.5 Å². The second-order valence-corrected chi connectivity index (χ2v) is 13.7. The predicted molar refractivity (Wildman–Crippen MR) is 119 cm³/mol. The van der Waals surface area contributed by atoms with Crippen molar-refractivity contribution >= 4 is 11.8 Å². The third kappa shape index (κ3) is 3.24. The van der Waals surface area contributed by atoms with Crippen molar-refractivity contribution in [1.29, 1.82) is 0 Å². The topological polar surface area (TPSA) is 40.6 Å². The van der Waals surface area contributed by atoms with Gasteiger partial charge in [0.25, 0.3) is 0 Å². The van der Waals surface area contributed by atoms with Crippen LogP contribution in [0.15, 0.2) is 0 Å². The van der Waals surface area contributed by atoms with E-state index in [1.807, 2.05) is 0 Å². The first-order valence-corrected chi connectivity index (χ1v) is 13.7. The van der Waals surface area contributed by atoms with Gasteiger partial charge in [0.1, 0.15) is 0 Å². The number of amides is 2. The molecule has 0 atom stereocenters. The molecular formula is C27H38F2N2O2. The van der Waals surface area contributed by atoms with Crippen molar-refractivity contribution in [2.75, 3.05) is 19.8 Å². The molecule has 0 radical (unpaired) electrons. The fourth-order valence-electron chi connectivity index (χ4n) is 10.8. The van der Waals surface area contributed by atoms with Crippen LogP contribution in [0, 0.1) is 52.3 Å². The average molecular weight is 461 g/mol. The number of carbonyl (C=O) groups excluding carboxylic acids is 2. The molecule has 6 heteroatoms. The minimum absolute atomic E-state index is 0.0928. The second-order valence-electron chi connectivity index (χ2n) is 13.7. The van der Waals surface area contributed by atoms with E-state index in [4.69, 9.17) is 0 Å². The third-order valence-electron chi connectivity index (χ3n) is 11.2. The summed E-state index contributed by atoms with van der Waals surface area (Å²) in [6, 6.07) is 0. The standard InChI is InChI=1S/C27H38F2N2O2/c28-23(29)22-13-30(24(32)26-7-16-1-17(8-26)3-18(2-16)9-26)15-31(14-22)25(33)27-10-19-4-20(11-27)6-21(5-19)12-27/h16-23H,1-15H2. The summed E-state index contributed by atoms with van der Waals surface area (Å²) in [5.74, 6) is 3.10. The van der Waals surface area contributed by atoms with Gasteiger partial charge in [-0.1, -0.05) is 0 Å².